The maximum absolute atomic E-state index is 13.5. The van der Waals surface area contributed by atoms with E-state index in [2.05, 4.69) is 5.32 Å². The Kier molecular flexibility index (Phi) is 10.5. The first kappa shape index (κ1) is 28.6. The van der Waals surface area contributed by atoms with E-state index in [1.165, 1.54) is 25.0 Å². The third-order valence-corrected chi connectivity index (χ3v) is 5.57. The van der Waals surface area contributed by atoms with Crippen LogP contribution in [0.5, 0.6) is 5.75 Å². The summed E-state index contributed by atoms with van der Waals surface area (Å²) in [7, 11) is 2.94. The molecule has 2 aromatic rings. The molecule has 9 heteroatoms. The molecule has 1 heterocycles. The molecule has 0 unspecified atom stereocenters. The van der Waals surface area contributed by atoms with Gasteiger partial charge < -0.3 is 24.1 Å². The van der Waals surface area contributed by atoms with Crippen molar-refractivity contribution in [3.63, 3.8) is 0 Å². The number of nitrogens with zero attached hydrogens (tertiary/aromatic N) is 1. The predicted octanol–water partition coefficient (Wildman–Crippen LogP) is 4.46. The van der Waals surface area contributed by atoms with Gasteiger partial charge in [-0.3, -0.25) is 14.4 Å². The molecule has 0 saturated carbocycles. The first-order valence-corrected chi connectivity index (χ1v) is 11.9. The quantitative estimate of drug-likeness (QED) is 0.259. The molecule has 8 nitrogen and oxygen atoms in total. The van der Waals surface area contributed by atoms with Crippen molar-refractivity contribution in [1.82, 2.24) is 9.88 Å². The van der Waals surface area contributed by atoms with Gasteiger partial charge >= 0.3 is 0 Å². The van der Waals surface area contributed by atoms with E-state index in [0.717, 1.165) is 12.0 Å². The van der Waals surface area contributed by atoms with Gasteiger partial charge in [-0.05, 0) is 24.1 Å². The van der Waals surface area contributed by atoms with Crippen LogP contribution < -0.4 is 15.5 Å². The number of carbonyl (C=O) groups is 2. The number of pyridine rings is 1. The first-order valence-electron chi connectivity index (χ1n) is 11.6. The van der Waals surface area contributed by atoms with Crippen LogP contribution in [0.3, 0.4) is 0 Å². The number of ketones is 1. The molecule has 0 fully saturated rings. The maximum atomic E-state index is 13.5. The summed E-state index contributed by atoms with van der Waals surface area (Å²) in [5.74, 6) is -1.05. The van der Waals surface area contributed by atoms with Gasteiger partial charge in [0.15, 0.2) is 23.5 Å². The Balaban J connectivity index is 2.63. The summed E-state index contributed by atoms with van der Waals surface area (Å²) in [6.45, 7) is 7.65. The third-order valence-electron chi connectivity index (χ3n) is 5.34. The number of methoxy groups -OCH3 is 2. The highest BCUT2D eigenvalue weighted by Crippen LogP contribution is 2.24. The monoisotopic (exact) mass is 506 g/mol. The highest BCUT2D eigenvalue weighted by atomic mass is 35.5. The average Bonchev–Trinajstić information content (AvgIpc) is 2.81. The topological polar surface area (TPSA) is 95.9 Å². The maximum Gasteiger partial charge on any atom is 0.272 e. The van der Waals surface area contributed by atoms with E-state index >= 15 is 0 Å². The van der Waals surface area contributed by atoms with Crippen molar-refractivity contribution < 1.29 is 23.8 Å². The third kappa shape index (κ3) is 7.65. The number of hydrogen-bond donors (Lipinski definition) is 1. The Hall–Kier alpha value is -2.68. The molecular formula is C26H35ClN2O6. The van der Waals surface area contributed by atoms with Crippen molar-refractivity contribution in [3.8, 4) is 5.75 Å². The van der Waals surface area contributed by atoms with Crippen molar-refractivity contribution in [1.29, 1.82) is 0 Å². The lowest BCUT2D eigenvalue weighted by molar-refractivity contribution is -0.111. The first-order chi connectivity index (χ1) is 16.5. The predicted molar refractivity (Wildman–Crippen MR) is 135 cm³/mol. The summed E-state index contributed by atoms with van der Waals surface area (Å²) in [6, 6.07) is 7.10. The summed E-state index contributed by atoms with van der Waals surface area (Å²) >= 11 is 6.05. The normalized spacial score (nSPS) is 11.5. The van der Waals surface area contributed by atoms with E-state index < -0.39 is 23.0 Å². The number of amides is 1. The van der Waals surface area contributed by atoms with Gasteiger partial charge in [-0.25, -0.2) is 0 Å². The number of unbranched alkanes of at least 4 members (excludes halogenated alkanes) is 1. The minimum absolute atomic E-state index is 0.00214. The molecule has 35 heavy (non-hydrogen) atoms. The fourth-order valence-corrected chi connectivity index (χ4v) is 3.57. The molecule has 0 aliphatic rings. The molecule has 0 bridgehead atoms. The van der Waals surface area contributed by atoms with Gasteiger partial charge in [0.05, 0.1) is 18.7 Å². The second-order valence-corrected chi connectivity index (χ2v) is 9.63. The van der Waals surface area contributed by atoms with E-state index in [9.17, 15) is 14.4 Å². The molecule has 2 rings (SSSR count). The fraction of sp³-hybridized carbons (Fsp3) is 0.500. The number of aromatic nitrogens is 1. The second-order valence-electron chi connectivity index (χ2n) is 9.20. The van der Waals surface area contributed by atoms with E-state index in [4.69, 9.17) is 25.8 Å². The number of hydrogen-bond acceptors (Lipinski definition) is 6. The molecular weight excluding hydrogens is 472 g/mol. The van der Waals surface area contributed by atoms with Crippen LogP contribution in [0.4, 0.5) is 0 Å². The fourth-order valence-electron chi connectivity index (χ4n) is 3.35. The standard InChI is InChI=1S/C26H35ClN2O6/c1-7-8-12-35-23-21(25(32)28-14-17-10-9-11-18(27)13-17)29(16-20(33-5)34-6)15-19(22(23)30)24(31)26(2,3)4/h9-11,13,15,20H,7-8,12,14,16H2,1-6H3,(H,28,32). The molecule has 1 aromatic carbocycles. The van der Waals surface area contributed by atoms with Gasteiger partial charge in [0.25, 0.3) is 5.91 Å². The lowest BCUT2D eigenvalue weighted by atomic mass is 9.86. The van der Waals surface area contributed by atoms with Crippen LogP contribution in [0, 0.1) is 5.41 Å². The van der Waals surface area contributed by atoms with Gasteiger partial charge in [0, 0.05) is 37.4 Å². The number of benzene rings is 1. The molecule has 0 atom stereocenters. The van der Waals surface area contributed by atoms with Crippen LogP contribution >= 0.6 is 11.6 Å². The number of ether oxygens (including phenoxy) is 3. The van der Waals surface area contributed by atoms with E-state index in [-0.39, 0.29) is 42.5 Å². The zero-order chi connectivity index (χ0) is 26.2. The van der Waals surface area contributed by atoms with E-state index in [1.807, 2.05) is 13.0 Å². The Morgan fingerprint density at radius 3 is 2.43 bits per heavy atom. The van der Waals surface area contributed by atoms with Crippen molar-refractivity contribution in [2.24, 2.45) is 5.41 Å². The van der Waals surface area contributed by atoms with Gasteiger partial charge in [-0.2, -0.15) is 0 Å². The summed E-state index contributed by atoms with van der Waals surface area (Å²) in [5.41, 5.74) is -0.689. The lowest BCUT2D eigenvalue weighted by Gasteiger charge is -2.23. The van der Waals surface area contributed by atoms with Gasteiger partial charge in [0.2, 0.25) is 5.43 Å². The summed E-state index contributed by atoms with van der Waals surface area (Å²) in [6.07, 6.45) is 2.18. The van der Waals surface area contributed by atoms with Crippen molar-refractivity contribution in [3.05, 3.63) is 62.5 Å². The lowest BCUT2D eigenvalue weighted by Crippen LogP contribution is -2.36. The van der Waals surface area contributed by atoms with E-state index in [1.54, 1.807) is 39.0 Å². The minimum atomic E-state index is -0.810. The molecule has 1 N–H and O–H groups in total. The summed E-state index contributed by atoms with van der Waals surface area (Å²) in [5, 5.41) is 3.37. The second kappa shape index (κ2) is 12.9. The summed E-state index contributed by atoms with van der Waals surface area (Å²) < 4.78 is 18.0. The van der Waals surface area contributed by atoms with Gasteiger partial charge in [0.1, 0.15) is 0 Å². The van der Waals surface area contributed by atoms with Crippen LogP contribution in [0.25, 0.3) is 0 Å². The van der Waals surface area contributed by atoms with Gasteiger partial charge in [-0.1, -0.05) is 57.8 Å². The largest absolute Gasteiger partial charge is 0.487 e. The van der Waals surface area contributed by atoms with E-state index in [0.29, 0.717) is 11.4 Å². The number of rotatable bonds is 12. The molecule has 0 aliphatic heterocycles. The molecule has 192 valence electrons. The van der Waals surface area contributed by atoms with Gasteiger partial charge in [-0.15, -0.1) is 0 Å². The Labute approximate surface area is 211 Å². The highest BCUT2D eigenvalue weighted by Gasteiger charge is 2.31. The molecule has 0 spiro atoms. The van der Waals surface area contributed by atoms with Crippen molar-refractivity contribution in [2.45, 2.75) is 59.9 Å². The van der Waals surface area contributed by atoms with Crippen LogP contribution in [0.2, 0.25) is 5.02 Å². The highest BCUT2D eigenvalue weighted by molar-refractivity contribution is 6.30. The minimum Gasteiger partial charge on any atom is -0.487 e. The van der Waals surface area contributed by atoms with Crippen LogP contribution in [0.15, 0.2) is 35.3 Å². The number of nitrogens with one attached hydrogen (secondary N) is 1. The number of carbonyl (C=O) groups excluding carboxylic acids is 2. The Bertz CT molecular complexity index is 1090. The Morgan fingerprint density at radius 1 is 1.17 bits per heavy atom. The number of halogens is 1. The molecule has 1 amide bonds. The smallest absolute Gasteiger partial charge is 0.272 e. The SMILES string of the molecule is CCCCOc1c(C(=O)NCc2cccc(Cl)c2)n(CC(OC)OC)cc(C(=O)C(C)(C)C)c1=O. The zero-order valence-electron chi connectivity index (χ0n) is 21.3. The van der Waals surface area contributed by atoms with Crippen LogP contribution in [-0.4, -0.2) is 43.4 Å². The molecule has 0 saturated heterocycles. The Morgan fingerprint density at radius 2 is 1.86 bits per heavy atom. The van der Waals surface area contributed by atoms with Crippen LogP contribution in [0.1, 0.15) is 66.9 Å². The molecule has 0 aliphatic carbocycles. The van der Waals surface area contributed by atoms with Crippen molar-refractivity contribution >= 4 is 23.3 Å². The molecule has 1 aromatic heterocycles. The molecule has 0 radical (unpaired) electrons. The van der Waals surface area contributed by atoms with Crippen molar-refractivity contribution in [2.75, 3.05) is 20.8 Å². The van der Waals surface area contributed by atoms with Crippen LogP contribution in [-0.2, 0) is 22.6 Å². The number of Topliss-reactive ketones (excluding diaryl/α,β-unsaturated/α-hetero) is 1. The zero-order valence-corrected chi connectivity index (χ0v) is 22.0. The summed E-state index contributed by atoms with van der Waals surface area (Å²) in [4.78, 5) is 40.0. The average molecular weight is 507 g/mol.